The highest BCUT2D eigenvalue weighted by Gasteiger charge is 2.21. The summed E-state index contributed by atoms with van der Waals surface area (Å²) >= 11 is 0. The second kappa shape index (κ2) is 7.13. The van der Waals surface area contributed by atoms with Gasteiger partial charge in [0.25, 0.3) is 10.0 Å². The highest BCUT2D eigenvalue weighted by Crippen LogP contribution is 2.34. The Bertz CT molecular complexity index is 829. The van der Waals surface area contributed by atoms with Crippen molar-refractivity contribution in [1.82, 2.24) is 0 Å². The van der Waals surface area contributed by atoms with E-state index >= 15 is 0 Å². The largest absolute Gasteiger partial charge is 0.493 e. The molecule has 6 heteroatoms. The van der Waals surface area contributed by atoms with Crippen molar-refractivity contribution in [2.75, 3.05) is 18.9 Å². The topological polar surface area (TPSA) is 64.6 Å². The summed E-state index contributed by atoms with van der Waals surface area (Å²) in [6, 6.07) is 10.5. The summed E-state index contributed by atoms with van der Waals surface area (Å²) in [5.74, 6) is 1.08. The Balaban J connectivity index is 2.49. The summed E-state index contributed by atoms with van der Waals surface area (Å²) in [7, 11) is -0.749. The van der Waals surface area contributed by atoms with Gasteiger partial charge in [-0.2, -0.15) is 0 Å². The van der Waals surface area contributed by atoms with Crippen LogP contribution in [0.2, 0.25) is 0 Å². The van der Waals surface area contributed by atoms with Gasteiger partial charge >= 0.3 is 0 Å². The zero-order valence-corrected chi connectivity index (χ0v) is 15.4. The average molecular weight is 349 g/mol. The molecule has 0 saturated heterocycles. The Morgan fingerprint density at radius 3 is 2.17 bits per heavy atom. The monoisotopic (exact) mass is 349 g/mol. The zero-order valence-electron chi connectivity index (χ0n) is 14.6. The van der Waals surface area contributed by atoms with E-state index in [0.29, 0.717) is 22.7 Å². The molecule has 130 valence electrons. The standard InChI is InChI=1S/C18H23NO4S/c1-12(2)14-8-6-7-9-15(14)19-24(20,21)18-11-17(23-5)16(22-4)10-13(18)3/h6-12,19H,1-5H3. The van der Waals surface area contributed by atoms with E-state index < -0.39 is 10.0 Å². The minimum absolute atomic E-state index is 0.165. The van der Waals surface area contributed by atoms with Gasteiger partial charge < -0.3 is 9.47 Å². The first kappa shape index (κ1) is 18.1. The second-order valence-electron chi connectivity index (χ2n) is 5.82. The van der Waals surface area contributed by atoms with Gasteiger partial charge in [-0.05, 0) is 36.1 Å². The summed E-state index contributed by atoms with van der Waals surface area (Å²) in [6.45, 7) is 5.77. The molecule has 0 aliphatic heterocycles. The van der Waals surface area contributed by atoms with Crippen LogP contribution in [0.5, 0.6) is 11.5 Å². The first-order valence-electron chi connectivity index (χ1n) is 7.64. The maximum absolute atomic E-state index is 12.9. The van der Waals surface area contributed by atoms with Gasteiger partial charge in [-0.1, -0.05) is 32.0 Å². The summed E-state index contributed by atoms with van der Waals surface area (Å²) < 4.78 is 38.8. The lowest BCUT2D eigenvalue weighted by molar-refractivity contribution is 0.353. The van der Waals surface area contributed by atoms with Crippen LogP contribution in [0, 0.1) is 6.92 Å². The van der Waals surface area contributed by atoms with E-state index in [-0.39, 0.29) is 10.8 Å². The number of aryl methyl sites for hydroxylation is 1. The molecule has 1 N–H and O–H groups in total. The first-order valence-corrected chi connectivity index (χ1v) is 9.12. The van der Waals surface area contributed by atoms with Gasteiger partial charge in [0, 0.05) is 6.07 Å². The highest BCUT2D eigenvalue weighted by atomic mass is 32.2. The predicted molar refractivity (Wildman–Crippen MR) is 95.6 cm³/mol. The number of hydrogen-bond acceptors (Lipinski definition) is 4. The summed E-state index contributed by atoms with van der Waals surface area (Å²) in [4.78, 5) is 0.165. The Morgan fingerprint density at radius 2 is 1.58 bits per heavy atom. The predicted octanol–water partition coefficient (Wildman–Crippen LogP) is 3.94. The molecule has 2 rings (SSSR count). The van der Waals surface area contributed by atoms with E-state index in [9.17, 15) is 8.42 Å². The van der Waals surface area contributed by atoms with E-state index in [2.05, 4.69) is 4.72 Å². The molecule has 2 aromatic carbocycles. The molecule has 0 heterocycles. The lowest BCUT2D eigenvalue weighted by atomic mass is 10.0. The van der Waals surface area contributed by atoms with Crippen molar-refractivity contribution < 1.29 is 17.9 Å². The van der Waals surface area contributed by atoms with Crippen molar-refractivity contribution >= 4 is 15.7 Å². The molecular formula is C18H23NO4S. The Morgan fingerprint density at radius 1 is 1.00 bits per heavy atom. The molecule has 0 fully saturated rings. The number of ether oxygens (including phenoxy) is 2. The van der Waals surface area contributed by atoms with E-state index in [1.54, 1.807) is 19.1 Å². The first-order chi connectivity index (χ1) is 11.3. The van der Waals surface area contributed by atoms with Crippen LogP contribution in [0.1, 0.15) is 30.9 Å². The summed E-state index contributed by atoms with van der Waals surface area (Å²) in [5.41, 5.74) is 2.11. The van der Waals surface area contributed by atoms with Gasteiger partial charge in [-0.15, -0.1) is 0 Å². The van der Waals surface area contributed by atoms with Gasteiger partial charge in [-0.3, -0.25) is 4.72 Å². The number of benzene rings is 2. The maximum atomic E-state index is 12.9. The van der Waals surface area contributed by atoms with Gasteiger partial charge in [-0.25, -0.2) is 8.42 Å². The SMILES string of the molecule is COc1cc(C)c(S(=O)(=O)Nc2ccccc2C(C)C)cc1OC. The average Bonchev–Trinajstić information content (AvgIpc) is 2.54. The molecule has 0 amide bonds. The van der Waals surface area contributed by atoms with Crippen molar-refractivity contribution in [3.63, 3.8) is 0 Å². The molecule has 0 saturated carbocycles. The number of para-hydroxylation sites is 1. The molecule has 0 spiro atoms. The van der Waals surface area contributed by atoms with E-state index in [4.69, 9.17) is 9.47 Å². The molecule has 0 radical (unpaired) electrons. The number of methoxy groups -OCH3 is 2. The number of hydrogen-bond donors (Lipinski definition) is 1. The lowest BCUT2D eigenvalue weighted by Crippen LogP contribution is -2.16. The molecule has 0 atom stereocenters. The Hall–Kier alpha value is -2.21. The van der Waals surface area contributed by atoms with Crippen molar-refractivity contribution in [2.24, 2.45) is 0 Å². The second-order valence-corrected chi connectivity index (χ2v) is 7.47. The van der Waals surface area contributed by atoms with E-state index in [0.717, 1.165) is 5.56 Å². The fourth-order valence-electron chi connectivity index (χ4n) is 2.54. The number of sulfonamides is 1. The molecule has 24 heavy (non-hydrogen) atoms. The van der Waals surface area contributed by atoms with Crippen LogP contribution in [0.25, 0.3) is 0 Å². The minimum atomic E-state index is -3.74. The molecular weight excluding hydrogens is 326 g/mol. The van der Waals surface area contributed by atoms with Crippen molar-refractivity contribution in [3.05, 3.63) is 47.5 Å². The van der Waals surface area contributed by atoms with Crippen LogP contribution in [0.15, 0.2) is 41.3 Å². The van der Waals surface area contributed by atoms with Gasteiger partial charge in [0.15, 0.2) is 11.5 Å². The molecule has 0 bridgehead atoms. The van der Waals surface area contributed by atoms with Gasteiger partial charge in [0.2, 0.25) is 0 Å². The van der Waals surface area contributed by atoms with Crippen LogP contribution < -0.4 is 14.2 Å². The van der Waals surface area contributed by atoms with Crippen LogP contribution in [-0.2, 0) is 10.0 Å². The van der Waals surface area contributed by atoms with Crippen molar-refractivity contribution in [2.45, 2.75) is 31.6 Å². The van der Waals surface area contributed by atoms with E-state index in [1.165, 1.54) is 20.3 Å². The third kappa shape index (κ3) is 3.64. The quantitative estimate of drug-likeness (QED) is 0.858. The molecule has 5 nitrogen and oxygen atoms in total. The van der Waals surface area contributed by atoms with Crippen LogP contribution >= 0.6 is 0 Å². The normalized spacial score (nSPS) is 11.4. The van der Waals surface area contributed by atoms with Crippen molar-refractivity contribution in [3.8, 4) is 11.5 Å². The third-order valence-corrected chi connectivity index (χ3v) is 5.31. The Labute approximate surface area is 143 Å². The zero-order chi connectivity index (χ0) is 17.9. The minimum Gasteiger partial charge on any atom is -0.493 e. The van der Waals surface area contributed by atoms with Gasteiger partial charge in [0.05, 0.1) is 24.8 Å². The lowest BCUT2D eigenvalue weighted by Gasteiger charge is -2.17. The molecule has 2 aromatic rings. The molecule has 0 aromatic heterocycles. The summed E-state index contributed by atoms with van der Waals surface area (Å²) in [5, 5.41) is 0. The van der Waals surface area contributed by atoms with Crippen LogP contribution in [0.4, 0.5) is 5.69 Å². The molecule has 0 aliphatic rings. The number of nitrogens with one attached hydrogen (secondary N) is 1. The van der Waals surface area contributed by atoms with Crippen LogP contribution in [0.3, 0.4) is 0 Å². The fourth-order valence-corrected chi connectivity index (χ4v) is 3.87. The smallest absolute Gasteiger partial charge is 0.262 e. The molecule has 0 aliphatic carbocycles. The van der Waals surface area contributed by atoms with E-state index in [1.807, 2.05) is 32.0 Å². The fraction of sp³-hybridized carbons (Fsp3) is 0.333. The summed E-state index contributed by atoms with van der Waals surface area (Å²) in [6.07, 6.45) is 0. The number of rotatable bonds is 6. The van der Waals surface area contributed by atoms with Gasteiger partial charge in [0.1, 0.15) is 0 Å². The highest BCUT2D eigenvalue weighted by molar-refractivity contribution is 7.92. The van der Waals surface area contributed by atoms with Crippen LogP contribution in [-0.4, -0.2) is 22.6 Å². The third-order valence-electron chi connectivity index (χ3n) is 3.80. The van der Waals surface area contributed by atoms with Crippen molar-refractivity contribution in [1.29, 1.82) is 0 Å². The molecule has 0 unspecified atom stereocenters. The number of anilines is 1. The maximum Gasteiger partial charge on any atom is 0.262 e. The Kier molecular flexibility index (Phi) is 5.39.